The second-order valence-corrected chi connectivity index (χ2v) is 2.51. The third kappa shape index (κ3) is 1.67. The van der Waals surface area contributed by atoms with Crippen molar-refractivity contribution in [2.75, 3.05) is 6.54 Å². The fourth-order valence-corrected chi connectivity index (χ4v) is 1.07. The smallest absolute Gasteiger partial charge is 0.155 e. The molecule has 0 unspecified atom stereocenters. The van der Waals surface area contributed by atoms with E-state index in [4.69, 9.17) is 15.6 Å². The van der Waals surface area contributed by atoms with Crippen LogP contribution in [0.25, 0.3) is 0 Å². The lowest BCUT2D eigenvalue weighted by molar-refractivity contribution is -0.194. The molecule has 3 atom stereocenters. The van der Waals surface area contributed by atoms with E-state index in [0.717, 1.165) is 0 Å². The van der Waals surface area contributed by atoms with Gasteiger partial charge in [-0.05, 0) is 6.42 Å². The first-order valence-electron chi connectivity index (χ1n) is 3.45. The average Bonchev–Trinajstić information content (AvgIpc) is 1.94. The molecule has 0 spiro atoms. The van der Waals surface area contributed by atoms with E-state index in [1.54, 1.807) is 0 Å². The van der Waals surface area contributed by atoms with E-state index in [0.29, 0.717) is 12.8 Å². The molecule has 0 amide bonds. The number of aliphatic hydroxyl groups excluding tert-OH is 2. The van der Waals surface area contributed by atoms with Gasteiger partial charge in [-0.2, -0.15) is 0 Å². The van der Waals surface area contributed by atoms with Crippen LogP contribution < -0.4 is 5.73 Å². The van der Waals surface area contributed by atoms with Crippen LogP contribution in [0.4, 0.5) is 0 Å². The zero-order valence-electron chi connectivity index (χ0n) is 5.73. The molecule has 4 N–H and O–H groups in total. The Morgan fingerprint density at radius 2 is 2.10 bits per heavy atom. The number of rotatable bonds is 1. The highest BCUT2D eigenvalue weighted by Crippen LogP contribution is 2.16. The molecule has 1 rings (SSSR count). The standard InChI is InChI=1S/C6H13NO3/c7-3-5-4(8)1-2-6(9)10-5/h4-6,8-9H,1-3,7H2/t4-,5+,6-/m0/s1. The molecule has 1 heterocycles. The number of hydrogen-bond acceptors (Lipinski definition) is 4. The first-order valence-corrected chi connectivity index (χ1v) is 3.45. The fourth-order valence-electron chi connectivity index (χ4n) is 1.07. The summed E-state index contributed by atoms with van der Waals surface area (Å²) in [6.07, 6.45) is -0.560. The van der Waals surface area contributed by atoms with E-state index in [-0.39, 0.29) is 12.6 Å². The van der Waals surface area contributed by atoms with Gasteiger partial charge in [-0.1, -0.05) is 0 Å². The van der Waals surface area contributed by atoms with Gasteiger partial charge in [0, 0.05) is 13.0 Å². The molecule has 1 fully saturated rings. The predicted molar refractivity (Wildman–Crippen MR) is 35.2 cm³/mol. The monoisotopic (exact) mass is 147 g/mol. The van der Waals surface area contributed by atoms with Gasteiger partial charge in [0.1, 0.15) is 0 Å². The van der Waals surface area contributed by atoms with E-state index in [2.05, 4.69) is 0 Å². The van der Waals surface area contributed by atoms with E-state index in [1.165, 1.54) is 0 Å². The number of ether oxygens (including phenoxy) is 1. The summed E-state index contributed by atoms with van der Waals surface area (Å²) in [7, 11) is 0. The number of hydrogen-bond donors (Lipinski definition) is 3. The summed E-state index contributed by atoms with van der Waals surface area (Å²) >= 11 is 0. The molecule has 4 heteroatoms. The first kappa shape index (κ1) is 7.94. The Morgan fingerprint density at radius 1 is 1.40 bits per heavy atom. The zero-order valence-corrected chi connectivity index (χ0v) is 5.73. The molecule has 0 aromatic rings. The van der Waals surface area contributed by atoms with Crippen LogP contribution >= 0.6 is 0 Å². The van der Waals surface area contributed by atoms with Crippen molar-refractivity contribution in [2.45, 2.75) is 31.3 Å². The van der Waals surface area contributed by atoms with Gasteiger partial charge in [0.15, 0.2) is 6.29 Å². The summed E-state index contributed by atoms with van der Waals surface area (Å²) in [5.41, 5.74) is 5.26. The van der Waals surface area contributed by atoms with Crippen LogP contribution in [0.3, 0.4) is 0 Å². The lowest BCUT2D eigenvalue weighted by Crippen LogP contribution is -2.43. The van der Waals surface area contributed by atoms with E-state index in [1.807, 2.05) is 0 Å². The number of aliphatic hydroxyl groups is 2. The molecule has 1 aliphatic rings. The third-order valence-electron chi connectivity index (χ3n) is 1.70. The molecule has 0 radical (unpaired) electrons. The van der Waals surface area contributed by atoms with Crippen molar-refractivity contribution in [1.82, 2.24) is 0 Å². The third-order valence-corrected chi connectivity index (χ3v) is 1.70. The minimum atomic E-state index is -0.739. The van der Waals surface area contributed by atoms with Gasteiger partial charge >= 0.3 is 0 Å². The Hall–Kier alpha value is -0.160. The van der Waals surface area contributed by atoms with Gasteiger partial charge in [-0.15, -0.1) is 0 Å². The van der Waals surface area contributed by atoms with Gasteiger partial charge in [0.25, 0.3) is 0 Å². The van der Waals surface area contributed by atoms with Crippen LogP contribution in [-0.2, 0) is 4.74 Å². The second kappa shape index (κ2) is 3.30. The van der Waals surface area contributed by atoms with Crippen molar-refractivity contribution in [1.29, 1.82) is 0 Å². The predicted octanol–water partition coefficient (Wildman–Crippen LogP) is -1.20. The molecule has 0 aromatic carbocycles. The molecular formula is C6H13NO3. The number of nitrogens with two attached hydrogens (primary N) is 1. The maximum absolute atomic E-state index is 9.17. The molecule has 1 saturated heterocycles. The lowest BCUT2D eigenvalue weighted by atomic mass is 10.1. The Balaban J connectivity index is 2.38. The molecule has 4 nitrogen and oxygen atoms in total. The Morgan fingerprint density at radius 3 is 2.60 bits per heavy atom. The van der Waals surface area contributed by atoms with Crippen LogP contribution in [0.2, 0.25) is 0 Å². The highest BCUT2D eigenvalue weighted by molar-refractivity contribution is 4.75. The van der Waals surface area contributed by atoms with E-state index < -0.39 is 12.4 Å². The van der Waals surface area contributed by atoms with Crippen molar-refractivity contribution >= 4 is 0 Å². The summed E-state index contributed by atoms with van der Waals surface area (Å²) in [5, 5.41) is 18.1. The molecule has 0 saturated carbocycles. The molecule has 1 aliphatic heterocycles. The van der Waals surface area contributed by atoms with Gasteiger partial charge in [0.2, 0.25) is 0 Å². The quantitative estimate of drug-likeness (QED) is 0.435. The minimum absolute atomic E-state index is 0.262. The normalized spacial score (nSPS) is 41.7. The summed E-state index contributed by atoms with van der Waals surface area (Å²) in [4.78, 5) is 0. The van der Waals surface area contributed by atoms with Crippen molar-refractivity contribution in [2.24, 2.45) is 5.73 Å². The highest BCUT2D eigenvalue weighted by Gasteiger charge is 2.27. The van der Waals surface area contributed by atoms with Gasteiger partial charge in [-0.3, -0.25) is 0 Å². The van der Waals surface area contributed by atoms with E-state index in [9.17, 15) is 5.11 Å². The van der Waals surface area contributed by atoms with Crippen molar-refractivity contribution in [3.63, 3.8) is 0 Å². The second-order valence-electron chi connectivity index (χ2n) is 2.51. The first-order chi connectivity index (χ1) is 4.74. The van der Waals surface area contributed by atoms with E-state index >= 15 is 0 Å². The van der Waals surface area contributed by atoms with Gasteiger partial charge < -0.3 is 20.7 Å². The molecule has 0 bridgehead atoms. The highest BCUT2D eigenvalue weighted by atomic mass is 16.6. The largest absolute Gasteiger partial charge is 0.390 e. The Bertz CT molecular complexity index is 109. The average molecular weight is 147 g/mol. The minimum Gasteiger partial charge on any atom is -0.390 e. The van der Waals surface area contributed by atoms with Crippen LogP contribution in [0.1, 0.15) is 12.8 Å². The SMILES string of the molecule is NC[C@H]1O[C@H](O)CC[C@@H]1O. The van der Waals surface area contributed by atoms with Crippen molar-refractivity contribution in [3.8, 4) is 0 Å². The van der Waals surface area contributed by atoms with Gasteiger partial charge in [0.05, 0.1) is 12.2 Å². The lowest BCUT2D eigenvalue weighted by Gasteiger charge is -2.30. The maximum Gasteiger partial charge on any atom is 0.155 e. The molecular weight excluding hydrogens is 134 g/mol. The summed E-state index contributed by atoms with van der Waals surface area (Å²) in [6.45, 7) is 0.262. The van der Waals surface area contributed by atoms with Crippen LogP contribution in [0, 0.1) is 0 Å². The molecule has 60 valence electrons. The van der Waals surface area contributed by atoms with Gasteiger partial charge in [-0.25, -0.2) is 0 Å². The van der Waals surface area contributed by atoms with Crippen LogP contribution in [-0.4, -0.2) is 35.3 Å². The molecule has 0 aromatic heterocycles. The Kier molecular flexibility index (Phi) is 2.62. The van der Waals surface area contributed by atoms with Crippen LogP contribution in [0.5, 0.6) is 0 Å². The summed E-state index contributed by atoms with van der Waals surface area (Å²) in [5.74, 6) is 0. The summed E-state index contributed by atoms with van der Waals surface area (Å²) < 4.78 is 4.93. The molecule has 0 aliphatic carbocycles. The van der Waals surface area contributed by atoms with Crippen LogP contribution in [0.15, 0.2) is 0 Å². The zero-order chi connectivity index (χ0) is 7.56. The maximum atomic E-state index is 9.17. The fraction of sp³-hybridized carbons (Fsp3) is 1.00. The Labute approximate surface area is 59.6 Å². The topological polar surface area (TPSA) is 75.7 Å². The molecule has 10 heavy (non-hydrogen) atoms. The van der Waals surface area contributed by atoms with Crippen molar-refractivity contribution < 1.29 is 14.9 Å². The summed E-state index contributed by atoms with van der Waals surface area (Å²) in [6, 6.07) is 0. The van der Waals surface area contributed by atoms with Crippen molar-refractivity contribution in [3.05, 3.63) is 0 Å².